The molecular formula is C8H5BrN2O2. The fourth-order valence-electron chi connectivity index (χ4n) is 0.832. The zero-order chi connectivity index (χ0) is 9.84. The first-order valence-electron chi connectivity index (χ1n) is 3.36. The van der Waals surface area contributed by atoms with Crippen molar-refractivity contribution in [2.75, 3.05) is 0 Å². The minimum Gasteiger partial charge on any atom is -0.472 e. The van der Waals surface area contributed by atoms with E-state index in [9.17, 15) is 4.79 Å². The lowest BCUT2D eigenvalue weighted by molar-refractivity contribution is -0.133. The van der Waals surface area contributed by atoms with Crippen molar-refractivity contribution in [3.8, 4) is 0 Å². The maximum Gasteiger partial charge on any atom is 0.419 e. The van der Waals surface area contributed by atoms with E-state index in [-0.39, 0.29) is 5.71 Å². The first kappa shape index (κ1) is 9.64. The fraction of sp³-hybridized carbons (Fsp3) is 0. The standard InChI is InChI=1S/C8H5BrN2O2/c9-6-3-1-5(2-4-6)7(11-10)8(12)13/h1-4H,(H,12,13). The second kappa shape index (κ2) is 3.98. The van der Waals surface area contributed by atoms with Gasteiger partial charge in [-0.2, -0.15) is 4.79 Å². The molecule has 0 aliphatic rings. The first-order chi connectivity index (χ1) is 6.15. The summed E-state index contributed by atoms with van der Waals surface area (Å²) in [4.78, 5) is 13.2. The molecule has 1 aromatic rings. The van der Waals surface area contributed by atoms with Gasteiger partial charge in [0.05, 0.1) is 5.56 Å². The number of nitrogens with zero attached hydrogens (tertiary/aromatic N) is 2. The van der Waals surface area contributed by atoms with E-state index in [0.717, 1.165) is 4.47 Å². The number of benzene rings is 1. The fourth-order valence-corrected chi connectivity index (χ4v) is 1.10. The third-order valence-electron chi connectivity index (χ3n) is 1.42. The Hall–Kier alpha value is -1.45. The molecule has 0 amide bonds. The van der Waals surface area contributed by atoms with Crippen molar-refractivity contribution in [2.45, 2.75) is 0 Å². The largest absolute Gasteiger partial charge is 0.472 e. The lowest BCUT2D eigenvalue weighted by atomic mass is 10.1. The summed E-state index contributed by atoms with van der Waals surface area (Å²) >= 11 is 3.20. The molecule has 0 radical (unpaired) electrons. The summed E-state index contributed by atoms with van der Waals surface area (Å²) in [6, 6.07) is 6.44. The van der Waals surface area contributed by atoms with Gasteiger partial charge in [0, 0.05) is 4.47 Å². The summed E-state index contributed by atoms with van der Waals surface area (Å²) in [5, 5.41) is 8.59. The van der Waals surface area contributed by atoms with Crippen LogP contribution in [0.1, 0.15) is 5.56 Å². The predicted molar refractivity (Wildman–Crippen MR) is 49.5 cm³/mol. The zero-order valence-electron chi connectivity index (χ0n) is 6.44. The number of hydrogen-bond acceptors (Lipinski definition) is 1. The van der Waals surface area contributed by atoms with Crippen molar-refractivity contribution in [2.24, 2.45) is 0 Å². The van der Waals surface area contributed by atoms with Crippen LogP contribution >= 0.6 is 15.9 Å². The van der Waals surface area contributed by atoms with Crippen molar-refractivity contribution in [3.63, 3.8) is 0 Å². The van der Waals surface area contributed by atoms with Crippen LogP contribution in [0.15, 0.2) is 28.7 Å². The Bertz CT molecular complexity index is 380. The molecule has 1 N–H and O–H groups in total. The Labute approximate surface area is 82.6 Å². The average Bonchev–Trinajstić information content (AvgIpc) is 2.09. The molecule has 0 saturated heterocycles. The Kier molecular flexibility index (Phi) is 2.95. The van der Waals surface area contributed by atoms with E-state index in [2.05, 4.69) is 20.7 Å². The smallest absolute Gasteiger partial charge is 0.419 e. The highest BCUT2D eigenvalue weighted by Crippen LogP contribution is 2.10. The van der Waals surface area contributed by atoms with Gasteiger partial charge in [0.1, 0.15) is 0 Å². The normalized spacial score (nSPS) is 9.00. The highest BCUT2D eigenvalue weighted by Gasteiger charge is 2.20. The van der Waals surface area contributed by atoms with E-state index in [1.165, 1.54) is 0 Å². The molecule has 0 unspecified atom stereocenters. The van der Waals surface area contributed by atoms with E-state index >= 15 is 0 Å². The van der Waals surface area contributed by atoms with Gasteiger partial charge in [0.15, 0.2) is 0 Å². The summed E-state index contributed by atoms with van der Waals surface area (Å²) in [7, 11) is 0. The molecule has 1 aromatic carbocycles. The van der Waals surface area contributed by atoms with E-state index < -0.39 is 5.97 Å². The van der Waals surface area contributed by atoms with Crippen LogP contribution in [-0.2, 0) is 4.79 Å². The predicted octanol–water partition coefficient (Wildman–Crippen LogP) is 1.55. The zero-order valence-corrected chi connectivity index (χ0v) is 8.02. The van der Waals surface area contributed by atoms with Gasteiger partial charge < -0.3 is 10.6 Å². The van der Waals surface area contributed by atoms with Crippen LogP contribution in [0.3, 0.4) is 0 Å². The number of hydrogen-bond donors (Lipinski definition) is 1. The third kappa shape index (κ3) is 2.24. The lowest BCUT2D eigenvalue weighted by Gasteiger charge is -1.91. The molecule has 4 nitrogen and oxygen atoms in total. The van der Waals surface area contributed by atoms with Gasteiger partial charge in [-0.05, 0) is 24.3 Å². The van der Waals surface area contributed by atoms with Crippen molar-refractivity contribution in [3.05, 3.63) is 39.8 Å². The molecule has 0 heterocycles. The van der Waals surface area contributed by atoms with Gasteiger partial charge in [-0.3, -0.25) is 0 Å². The third-order valence-corrected chi connectivity index (χ3v) is 1.95. The van der Waals surface area contributed by atoms with Crippen LogP contribution in [-0.4, -0.2) is 21.6 Å². The summed E-state index contributed by atoms with van der Waals surface area (Å²) < 4.78 is 0.832. The second-order valence-corrected chi connectivity index (χ2v) is 3.18. The quantitative estimate of drug-likeness (QED) is 0.484. The van der Waals surface area contributed by atoms with Crippen molar-refractivity contribution >= 4 is 27.6 Å². The Morgan fingerprint density at radius 2 is 1.92 bits per heavy atom. The number of carboxylic acid groups (broad SMARTS) is 1. The van der Waals surface area contributed by atoms with Crippen molar-refractivity contribution < 1.29 is 14.7 Å². The Morgan fingerprint density at radius 3 is 2.31 bits per heavy atom. The topological polar surface area (TPSA) is 73.7 Å². The van der Waals surface area contributed by atoms with E-state index in [0.29, 0.717) is 5.56 Å². The molecule has 1 rings (SSSR count). The minimum atomic E-state index is -1.26. The van der Waals surface area contributed by atoms with Crippen LogP contribution < -0.4 is 0 Å². The highest BCUT2D eigenvalue weighted by atomic mass is 79.9. The molecule has 0 aliphatic heterocycles. The maximum atomic E-state index is 10.5. The molecule has 0 aromatic heterocycles. The molecule has 0 aliphatic carbocycles. The van der Waals surface area contributed by atoms with Gasteiger partial charge >= 0.3 is 11.7 Å². The van der Waals surface area contributed by atoms with Gasteiger partial charge in [0.25, 0.3) is 0 Å². The number of carboxylic acids is 1. The molecule has 5 heteroatoms. The maximum absolute atomic E-state index is 10.5. The lowest BCUT2D eigenvalue weighted by Crippen LogP contribution is -2.15. The summed E-state index contributed by atoms with van der Waals surface area (Å²) in [6.45, 7) is 0. The summed E-state index contributed by atoms with van der Waals surface area (Å²) in [6.07, 6.45) is 0. The van der Waals surface area contributed by atoms with E-state index in [4.69, 9.17) is 10.6 Å². The second-order valence-electron chi connectivity index (χ2n) is 2.26. The van der Waals surface area contributed by atoms with Crippen LogP contribution in [0.2, 0.25) is 0 Å². The molecule has 13 heavy (non-hydrogen) atoms. The highest BCUT2D eigenvalue weighted by molar-refractivity contribution is 9.10. The van der Waals surface area contributed by atoms with Crippen LogP contribution in [0.4, 0.5) is 0 Å². The van der Waals surface area contributed by atoms with E-state index in [1.54, 1.807) is 24.3 Å². The number of halogens is 1. The first-order valence-corrected chi connectivity index (χ1v) is 4.15. The molecule has 0 fully saturated rings. The van der Waals surface area contributed by atoms with Crippen LogP contribution in [0, 0.1) is 0 Å². The molecular weight excluding hydrogens is 236 g/mol. The SMILES string of the molecule is [N-]=[N+]=C(C(=O)O)c1ccc(Br)cc1. The summed E-state index contributed by atoms with van der Waals surface area (Å²) in [5.74, 6) is -1.26. The van der Waals surface area contributed by atoms with E-state index in [1.807, 2.05) is 0 Å². The van der Waals surface area contributed by atoms with Crippen molar-refractivity contribution in [1.29, 1.82) is 0 Å². The number of aliphatic carboxylic acids is 1. The minimum absolute atomic E-state index is 0.359. The monoisotopic (exact) mass is 240 g/mol. The number of rotatable bonds is 2. The Balaban J connectivity index is 3.15. The molecule has 0 saturated carbocycles. The van der Waals surface area contributed by atoms with Gasteiger partial charge in [-0.1, -0.05) is 15.9 Å². The van der Waals surface area contributed by atoms with Crippen molar-refractivity contribution in [1.82, 2.24) is 0 Å². The molecule has 0 bridgehead atoms. The van der Waals surface area contributed by atoms with Gasteiger partial charge in [-0.15, -0.1) is 0 Å². The molecule has 0 spiro atoms. The average molecular weight is 241 g/mol. The van der Waals surface area contributed by atoms with Gasteiger partial charge in [-0.25, -0.2) is 4.79 Å². The summed E-state index contributed by atoms with van der Waals surface area (Å²) in [5.41, 5.74) is 8.41. The molecule has 0 atom stereocenters. The Morgan fingerprint density at radius 1 is 1.38 bits per heavy atom. The number of carbonyl (C=O) groups is 1. The van der Waals surface area contributed by atoms with Gasteiger partial charge in [0.2, 0.25) is 0 Å². The van der Waals surface area contributed by atoms with Crippen LogP contribution in [0.25, 0.3) is 5.53 Å². The van der Waals surface area contributed by atoms with Crippen LogP contribution in [0.5, 0.6) is 0 Å². The molecule has 66 valence electrons.